The van der Waals surface area contributed by atoms with Crippen molar-refractivity contribution in [1.82, 2.24) is 10.2 Å². The van der Waals surface area contributed by atoms with E-state index in [1.54, 1.807) is 29.2 Å². The van der Waals surface area contributed by atoms with Crippen LogP contribution >= 0.6 is 0 Å². The minimum atomic E-state index is -0.961. The second kappa shape index (κ2) is 13.4. The molecule has 0 heterocycles. The fraction of sp³-hybridized carbons (Fsp3) is 0.206. The number of carboxylic acid groups (broad SMARTS) is 1. The number of carbonyl (C=O) groups excluding carboxylic acids is 2. The van der Waals surface area contributed by atoms with Crippen LogP contribution in [0.4, 0.5) is 0 Å². The summed E-state index contributed by atoms with van der Waals surface area (Å²) in [4.78, 5) is 40.2. The minimum absolute atomic E-state index is 0.0903. The number of nitrogens with one attached hydrogen (secondary N) is 1. The maximum Gasteiger partial charge on any atom is 0.305 e. The van der Waals surface area contributed by atoms with E-state index < -0.39 is 5.97 Å². The molecule has 0 saturated heterocycles. The van der Waals surface area contributed by atoms with E-state index >= 15 is 0 Å². The van der Waals surface area contributed by atoms with Crippen LogP contribution in [-0.2, 0) is 17.8 Å². The lowest BCUT2D eigenvalue weighted by Crippen LogP contribution is -2.35. The highest BCUT2D eigenvalue weighted by atomic mass is 16.4. The Hall–Kier alpha value is -4.71. The van der Waals surface area contributed by atoms with Crippen molar-refractivity contribution in [2.24, 2.45) is 0 Å². The van der Waals surface area contributed by atoms with Gasteiger partial charge in [-0.25, -0.2) is 0 Å². The van der Waals surface area contributed by atoms with E-state index in [1.807, 2.05) is 86.6 Å². The Morgan fingerprint density at radius 1 is 0.700 bits per heavy atom. The summed E-state index contributed by atoms with van der Waals surface area (Å²) in [5.41, 5.74) is 6.51. The van der Waals surface area contributed by atoms with Gasteiger partial charge in [0.2, 0.25) is 0 Å². The van der Waals surface area contributed by atoms with Crippen LogP contribution in [0, 0.1) is 13.8 Å². The third-order valence-electron chi connectivity index (χ3n) is 6.83. The first kappa shape index (κ1) is 28.3. The second-order valence-electron chi connectivity index (χ2n) is 9.93. The molecule has 0 aliphatic carbocycles. The van der Waals surface area contributed by atoms with E-state index in [4.69, 9.17) is 0 Å². The number of hydrogen-bond donors (Lipinski definition) is 2. The number of aliphatic carboxylic acids is 1. The van der Waals surface area contributed by atoms with Gasteiger partial charge in [0.25, 0.3) is 11.8 Å². The summed E-state index contributed by atoms with van der Waals surface area (Å²) >= 11 is 0. The lowest BCUT2D eigenvalue weighted by molar-refractivity contribution is -0.137. The number of hydrogen-bond acceptors (Lipinski definition) is 3. The molecule has 204 valence electrons. The average molecular weight is 535 g/mol. The zero-order valence-electron chi connectivity index (χ0n) is 22.9. The first-order valence-electron chi connectivity index (χ1n) is 13.4. The number of benzene rings is 4. The van der Waals surface area contributed by atoms with E-state index in [2.05, 4.69) is 5.32 Å². The Labute approximate surface area is 235 Å². The van der Waals surface area contributed by atoms with E-state index in [0.717, 1.165) is 22.3 Å². The topological polar surface area (TPSA) is 86.7 Å². The van der Waals surface area contributed by atoms with Crippen molar-refractivity contribution >= 4 is 17.8 Å². The lowest BCUT2D eigenvalue weighted by Gasteiger charge is -2.24. The Morgan fingerprint density at radius 2 is 1.35 bits per heavy atom. The molecule has 2 amide bonds. The van der Waals surface area contributed by atoms with Gasteiger partial charge in [-0.05, 0) is 54.7 Å². The Morgan fingerprint density at radius 3 is 2.02 bits per heavy atom. The Balaban J connectivity index is 1.60. The smallest absolute Gasteiger partial charge is 0.305 e. The minimum Gasteiger partial charge on any atom is -0.481 e. The van der Waals surface area contributed by atoms with E-state index in [0.29, 0.717) is 41.8 Å². The number of nitrogens with zero attached hydrogens (tertiary/aromatic N) is 1. The van der Waals surface area contributed by atoms with Gasteiger partial charge in [-0.15, -0.1) is 0 Å². The zero-order chi connectivity index (χ0) is 28.5. The normalized spacial score (nSPS) is 10.7. The molecule has 4 rings (SSSR count). The van der Waals surface area contributed by atoms with Gasteiger partial charge in [0.05, 0.1) is 6.42 Å². The molecule has 0 fully saturated rings. The van der Waals surface area contributed by atoms with Gasteiger partial charge in [0.1, 0.15) is 0 Å². The molecule has 0 radical (unpaired) electrons. The van der Waals surface area contributed by atoms with Crippen LogP contribution in [0.3, 0.4) is 0 Å². The van der Waals surface area contributed by atoms with Crippen LogP contribution in [-0.4, -0.2) is 40.9 Å². The number of aryl methyl sites for hydroxylation is 2. The first-order valence-corrected chi connectivity index (χ1v) is 13.4. The van der Waals surface area contributed by atoms with E-state index in [1.165, 1.54) is 0 Å². The molecule has 0 aromatic heterocycles. The van der Waals surface area contributed by atoms with Gasteiger partial charge in [-0.3, -0.25) is 14.4 Å². The average Bonchev–Trinajstić information content (AvgIpc) is 2.96. The lowest BCUT2D eigenvalue weighted by atomic mass is 9.94. The van der Waals surface area contributed by atoms with Crippen molar-refractivity contribution in [2.45, 2.75) is 33.2 Å². The van der Waals surface area contributed by atoms with Crippen molar-refractivity contribution in [3.63, 3.8) is 0 Å². The van der Waals surface area contributed by atoms with E-state index in [9.17, 15) is 19.5 Å². The highest BCUT2D eigenvalue weighted by Gasteiger charge is 2.22. The maximum atomic E-state index is 13.9. The Bertz CT molecular complexity index is 1490. The molecule has 2 N–H and O–H groups in total. The van der Waals surface area contributed by atoms with Crippen LogP contribution in [0.5, 0.6) is 0 Å². The van der Waals surface area contributed by atoms with Gasteiger partial charge in [-0.1, -0.05) is 96.1 Å². The van der Waals surface area contributed by atoms with Crippen LogP contribution in [0.25, 0.3) is 11.1 Å². The van der Waals surface area contributed by atoms with Crippen molar-refractivity contribution < 1.29 is 19.5 Å². The van der Waals surface area contributed by atoms with Gasteiger partial charge in [0.15, 0.2) is 0 Å². The van der Waals surface area contributed by atoms with Crippen LogP contribution in [0.1, 0.15) is 49.4 Å². The van der Waals surface area contributed by atoms with Crippen molar-refractivity contribution in [3.05, 3.63) is 130 Å². The molecule has 0 unspecified atom stereocenters. The summed E-state index contributed by atoms with van der Waals surface area (Å²) in [5, 5.41) is 12.3. The third-order valence-corrected chi connectivity index (χ3v) is 6.83. The molecule has 0 atom stereocenters. The first-order chi connectivity index (χ1) is 19.3. The molecule has 0 aliphatic rings. The van der Waals surface area contributed by atoms with Crippen molar-refractivity contribution in [2.75, 3.05) is 13.1 Å². The maximum absolute atomic E-state index is 13.9. The fourth-order valence-corrected chi connectivity index (χ4v) is 4.65. The number of carbonyl (C=O) groups is 3. The quantitative estimate of drug-likeness (QED) is 0.245. The standard InChI is InChI=1S/C34H34N2O4/c1-24-14-16-26(17-15-24)18-20-36(21-19-32(37)38)34(40)31-13-6-4-11-29(31)28-10-3-5-12-30(28)33(39)35-23-27-9-7-8-25(2)22-27/h3-17,22H,18-21,23H2,1-2H3,(H,35,39)(H,37,38). The number of amides is 2. The third kappa shape index (κ3) is 7.44. The van der Waals surface area contributed by atoms with Gasteiger partial charge in [0, 0.05) is 30.8 Å². The molecule has 4 aromatic rings. The number of rotatable bonds is 11. The highest BCUT2D eigenvalue weighted by Crippen LogP contribution is 2.28. The highest BCUT2D eigenvalue weighted by molar-refractivity contribution is 6.06. The van der Waals surface area contributed by atoms with Crippen LogP contribution in [0.15, 0.2) is 97.1 Å². The molecule has 0 spiro atoms. The second-order valence-corrected chi connectivity index (χ2v) is 9.93. The van der Waals surface area contributed by atoms with E-state index in [-0.39, 0.29) is 24.8 Å². The van der Waals surface area contributed by atoms with Crippen LogP contribution < -0.4 is 5.32 Å². The van der Waals surface area contributed by atoms with Gasteiger partial charge >= 0.3 is 5.97 Å². The van der Waals surface area contributed by atoms with Gasteiger partial charge < -0.3 is 15.3 Å². The van der Waals surface area contributed by atoms with Crippen LogP contribution in [0.2, 0.25) is 0 Å². The molecule has 0 aliphatic heterocycles. The monoisotopic (exact) mass is 534 g/mol. The number of carboxylic acids is 1. The molecule has 40 heavy (non-hydrogen) atoms. The molecule has 0 saturated carbocycles. The SMILES string of the molecule is Cc1ccc(CCN(CCC(=O)O)C(=O)c2ccccc2-c2ccccc2C(=O)NCc2cccc(C)c2)cc1. The van der Waals surface area contributed by atoms with Gasteiger partial charge in [-0.2, -0.15) is 0 Å². The summed E-state index contributed by atoms with van der Waals surface area (Å²) in [7, 11) is 0. The summed E-state index contributed by atoms with van der Waals surface area (Å²) in [5.74, 6) is -1.46. The largest absolute Gasteiger partial charge is 0.481 e. The summed E-state index contributed by atoms with van der Waals surface area (Å²) in [6.45, 7) is 4.88. The van der Waals surface area contributed by atoms with Crippen molar-refractivity contribution in [3.8, 4) is 11.1 Å². The summed E-state index contributed by atoms with van der Waals surface area (Å²) < 4.78 is 0. The molecule has 0 bridgehead atoms. The Kier molecular flexibility index (Phi) is 9.47. The molecule has 6 heteroatoms. The predicted molar refractivity (Wildman–Crippen MR) is 157 cm³/mol. The molecule has 6 nitrogen and oxygen atoms in total. The van der Waals surface area contributed by atoms with Crippen molar-refractivity contribution in [1.29, 1.82) is 0 Å². The molecular formula is C34H34N2O4. The summed E-state index contributed by atoms with van der Waals surface area (Å²) in [6, 6.07) is 30.5. The molecular weight excluding hydrogens is 500 g/mol. The zero-order valence-corrected chi connectivity index (χ0v) is 22.9. The predicted octanol–water partition coefficient (Wildman–Crippen LogP) is 6.06. The molecule has 4 aromatic carbocycles. The fourth-order valence-electron chi connectivity index (χ4n) is 4.65. The summed E-state index contributed by atoms with van der Waals surface area (Å²) in [6.07, 6.45) is 0.450.